The lowest BCUT2D eigenvalue weighted by Gasteiger charge is -2.37. The van der Waals surface area contributed by atoms with Gasteiger partial charge in [-0.15, -0.1) is 0 Å². The molecule has 0 aromatic heterocycles. The Kier molecular flexibility index (Phi) is 19.1. The summed E-state index contributed by atoms with van der Waals surface area (Å²) >= 11 is 0. The van der Waals surface area contributed by atoms with Crippen LogP contribution >= 0.6 is 0 Å². The number of carbonyl (C=O) groups is 4. The fraction of sp³-hybridized carbons (Fsp3) is 0.391. The van der Waals surface area contributed by atoms with E-state index < -0.39 is 51.4 Å². The molecule has 0 heterocycles. The summed E-state index contributed by atoms with van der Waals surface area (Å²) in [6.45, 7) is 10.2. The molecule has 0 saturated carbocycles. The minimum absolute atomic E-state index is 0.00104. The van der Waals surface area contributed by atoms with Crippen molar-refractivity contribution in [2.45, 2.75) is 103 Å². The molecule has 0 saturated heterocycles. The third kappa shape index (κ3) is 16.6. The quantitative estimate of drug-likeness (QED) is 0.0358. The minimum Gasteiger partial charge on any atom is -0.443 e. The zero-order valence-electron chi connectivity index (χ0n) is 35.8. The Morgan fingerprint density at radius 2 is 0.934 bits per heavy atom. The molecule has 4 aromatic rings. The summed E-state index contributed by atoms with van der Waals surface area (Å²) < 4.78 is 28.7. The first-order valence-corrected chi connectivity index (χ1v) is 23.4. The van der Waals surface area contributed by atoms with Gasteiger partial charge in [0.1, 0.15) is 26.4 Å². The maximum Gasteiger partial charge on any atom is 0.429 e. The van der Waals surface area contributed by atoms with Gasteiger partial charge in [-0.25, -0.2) is 40.0 Å². The fourth-order valence-electron chi connectivity index (χ4n) is 5.81. The van der Waals surface area contributed by atoms with Crippen LogP contribution < -0.4 is 10.9 Å². The van der Waals surface area contributed by atoms with Crippen LogP contribution in [0.3, 0.4) is 0 Å². The average molecular weight is 857 g/mol. The molecular formula is C46H60N4O10Si. The lowest BCUT2D eigenvalue weighted by Crippen LogP contribution is -2.58. The highest BCUT2D eigenvalue weighted by Crippen LogP contribution is 2.36. The third-order valence-corrected chi connectivity index (χ3v) is 14.9. The van der Waals surface area contributed by atoms with E-state index in [0.29, 0.717) is 36.1 Å². The van der Waals surface area contributed by atoms with E-state index in [1.807, 2.05) is 48.5 Å². The van der Waals surface area contributed by atoms with E-state index >= 15 is 0 Å². The van der Waals surface area contributed by atoms with Gasteiger partial charge < -0.3 is 28.5 Å². The van der Waals surface area contributed by atoms with Gasteiger partial charge in [-0.05, 0) is 66.1 Å². The summed E-state index contributed by atoms with van der Waals surface area (Å²) in [5, 5.41) is 12.8. The molecule has 4 amide bonds. The Morgan fingerprint density at radius 1 is 0.574 bits per heavy atom. The monoisotopic (exact) mass is 856 g/mol. The Balaban J connectivity index is 1.63. The normalized spacial score (nSPS) is 12.3. The van der Waals surface area contributed by atoms with Gasteiger partial charge in [0, 0.05) is 6.61 Å². The SMILES string of the molecule is CC(C)(C)[Si](C)(C)OCCCC[C@H](C[C@H](CO)N(NC(=O)OCc1ccccc1)C(=O)OCc1ccccc1)N(NC(=O)OCc1ccccc1)C(=O)OCc1ccccc1. The second kappa shape index (κ2) is 24.4. The first kappa shape index (κ1) is 47.8. The summed E-state index contributed by atoms with van der Waals surface area (Å²) in [7, 11) is -2.06. The molecule has 3 N–H and O–H groups in total. The molecule has 0 unspecified atom stereocenters. The van der Waals surface area contributed by atoms with E-state index in [0.717, 1.165) is 15.6 Å². The summed E-state index contributed by atoms with van der Waals surface area (Å²) in [6, 6.07) is 33.9. The van der Waals surface area contributed by atoms with Crippen LogP contribution in [0.2, 0.25) is 18.1 Å². The lowest BCUT2D eigenvalue weighted by atomic mass is 10.0. The molecule has 4 rings (SSSR count). The molecular weight excluding hydrogens is 797 g/mol. The molecule has 15 heteroatoms. The van der Waals surface area contributed by atoms with Crippen molar-refractivity contribution in [1.29, 1.82) is 0 Å². The zero-order chi connectivity index (χ0) is 44.1. The molecule has 0 aliphatic rings. The van der Waals surface area contributed by atoms with Crippen LogP contribution in [-0.4, -0.2) is 73.1 Å². The van der Waals surface area contributed by atoms with E-state index in [2.05, 4.69) is 44.7 Å². The number of benzene rings is 4. The summed E-state index contributed by atoms with van der Waals surface area (Å²) in [4.78, 5) is 54.7. The smallest absolute Gasteiger partial charge is 0.429 e. The molecule has 328 valence electrons. The molecule has 2 atom stereocenters. The van der Waals surface area contributed by atoms with Gasteiger partial charge in [0.2, 0.25) is 0 Å². The number of ether oxygens (including phenoxy) is 4. The van der Waals surface area contributed by atoms with Crippen molar-refractivity contribution in [3.63, 3.8) is 0 Å². The van der Waals surface area contributed by atoms with Gasteiger partial charge in [-0.3, -0.25) is 0 Å². The van der Waals surface area contributed by atoms with E-state index in [1.165, 1.54) is 0 Å². The Morgan fingerprint density at radius 3 is 1.30 bits per heavy atom. The highest BCUT2D eigenvalue weighted by Gasteiger charge is 2.38. The largest absolute Gasteiger partial charge is 0.443 e. The molecule has 0 aliphatic heterocycles. The van der Waals surface area contributed by atoms with E-state index in [4.69, 9.17) is 23.4 Å². The van der Waals surface area contributed by atoms with Crippen LogP contribution in [0.15, 0.2) is 121 Å². The van der Waals surface area contributed by atoms with Crippen LogP contribution in [-0.2, 0) is 49.8 Å². The van der Waals surface area contributed by atoms with Crippen molar-refractivity contribution in [2.75, 3.05) is 13.2 Å². The van der Waals surface area contributed by atoms with Crippen molar-refractivity contribution in [3.8, 4) is 0 Å². The Bertz CT molecular complexity index is 1920. The zero-order valence-corrected chi connectivity index (χ0v) is 36.8. The number of nitrogens with one attached hydrogen (secondary N) is 2. The number of unbranched alkanes of at least 4 members (excludes halogenated alkanes) is 1. The molecule has 14 nitrogen and oxygen atoms in total. The highest BCUT2D eigenvalue weighted by molar-refractivity contribution is 6.74. The van der Waals surface area contributed by atoms with E-state index in [-0.39, 0.29) is 44.3 Å². The molecule has 0 radical (unpaired) electrons. The summed E-state index contributed by atoms with van der Waals surface area (Å²) in [5.74, 6) is 0. The van der Waals surface area contributed by atoms with Crippen LogP contribution in [0, 0.1) is 0 Å². The lowest BCUT2D eigenvalue weighted by molar-refractivity contribution is 0.00855. The van der Waals surface area contributed by atoms with Gasteiger partial charge in [0.15, 0.2) is 8.32 Å². The van der Waals surface area contributed by atoms with Gasteiger partial charge >= 0.3 is 24.4 Å². The fourth-order valence-corrected chi connectivity index (χ4v) is 6.90. The molecule has 4 aromatic carbocycles. The second-order valence-corrected chi connectivity index (χ2v) is 20.8. The Labute approximate surface area is 360 Å². The van der Waals surface area contributed by atoms with Crippen molar-refractivity contribution in [2.24, 2.45) is 0 Å². The number of carbonyl (C=O) groups excluding carboxylic acids is 4. The van der Waals surface area contributed by atoms with Crippen LogP contribution in [0.4, 0.5) is 19.2 Å². The number of hydrogen-bond donors (Lipinski definition) is 3. The van der Waals surface area contributed by atoms with Crippen LogP contribution in [0.1, 0.15) is 68.7 Å². The second-order valence-electron chi connectivity index (χ2n) is 16.0. The first-order valence-electron chi connectivity index (χ1n) is 20.4. The average Bonchev–Trinajstić information content (AvgIpc) is 3.26. The molecule has 0 bridgehead atoms. The molecule has 0 aliphatic carbocycles. The molecule has 61 heavy (non-hydrogen) atoms. The number of hydrogen-bond acceptors (Lipinski definition) is 10. The topological polar surface area (TPSA) is 165 Å². The van der Waals surface area contributed by atoms with Crippen molar-refractivity contribution < 1.29 is 47.7 Å². The predicted octanol–water partition coefficient (Wildman–Crippen LogP) is 9.26. The van der Waals surface area contributed by atoms with E-state index in [9.17, 15) is 24.3 Å². The predicted molar refractivity (Wildman–Crippen MR) is 233 cm³/mol. The molecule has 0 spiro atoms. The summed E-state index contributed by atoms with van der Waals surface area (Å²) in [5.41, 5.74) is 7.86. The number of amides is 4. The summed E-state index contributed by atoms with van der Waals surface area (Å²) in [6.07, 6.45) is -2.63. The Hall–Kier alpha value is -5.90. The third-order valence-electron chi connectivity index (χ3n) is 10.3. The number of nitrogens with zero attached hydrogens (tertiary/aromatic N) is 2. The van der Waals surface area contributed by atoms with Gasteiger partial charge in [-0.2, -0.15) is 0 Å². The minimum atomic E-state index is -2.06. The number of aliphatic hydroxyl groups is 1. The van der Waals surface area contributed by atoms with Crippen molar-refractivity contribution in [1.82, 2.24) is 20.9 Å². The maximum absolute atomic E-state index is 14.1. The first-order chi connectivity index (χ1) is 29.3. The van der Waals surface area contributed by atoms with Crippen LogP contribution in [0.5, 0.6) is 0 Å². The standard InChI is InChI=1S/C46H60N4O10Si/c1-46(2,3)61(4,5)60-29-19-18-28-40(49(44(54)58-34-38-24-14-8-15-25-38)47-42(52)56-32-36-20-10-6-11-21-36)30-41(31-51)50(45(55)59-35-39-26-16-9-17-27-39)48-43(53)57-33-37-22-12-7-13-23-37/h6-17,20-27,40-41,51H,18-19,28-35H2,1-5H3,(H,47,52)(H,48,53)/t40-,41-/m1/s1. The molecule has 0 fully saturated rings. The van der Waals surface area contributed by atoms with Gasteiger partial charge in [0.05, 0.1) is 18.7 Å². The van der Waals surface area contributed by atoms with E-state index in [1.54, 1.807) is 72.8 Å². The number of hydrazine groups is 2. The highest BCUT2D eigenvalue weighted by atomic mass is 28.4. The van der Waals surface area contributed by atoms with Crippen molar-refractivity contribution in [3.05, 3.63) is 144 Å². The maximum atomic E-state index is 14.1. The number of aliphatic hydroxyl groups excluding tert-OH is 1. The van der Waals surface area contributed by atoms with Crippen LogP contribution in [0.25, 0.3) is 0 Å². The van der Waals surface area contributed by atoms with Gasteiger partial charge in [-0.1, -0.05) is 142 Å². The number of rotatable bonds is 19. The van der Waals surface area contributed by atoms with Gasteiger partial charge in [0.25, 0.3) is 0 Å². The van der Waals surface area contributed by atoms with Crippen molar-refractivity contribution >= 4 is 32.7 Å².